The summed E-state index contributed by atoms with van der Waals surface area (Å²) in [5.41, 5.74) is 1.91. The zero-order chi connectivity index (χ0) is 11.5. The third-order valence-corrected chi connectivity index (χ3v) is 2.33. The monoisotopic (exact) mass is 237 g/mol. The third-order valence-electron chi connectivity index (χ3n) is 2.15. The lowest BCUT2D eigenvalue weighted by molar-refractivity contribution is 0.746. The van der Waals surface area contributed by atoms with Crippen molar-refractivity contribution in [1.29, 1.82) is 0 Å². The zero-order valence-corrected chi connectivity index (χ0v) is 9.86. The first kappa shape index (κ1) is 10.9. The molecule has 0 saturated carbocycles. The van der Waals surface area contributed by atoms with Crippen molar-refractivity contribution in [2.24, 2.45) is 7.05 Å². The number of rotatable bonds is 3. The lowest BCUT2D eigenvalue weighted by Crippen LogP contribution is -2.05. The Morgan fingerprint density at radius 1 is 1.50 bits per heavy atom. The molecule has 0 amide bonds. The van der Waals surface area contributed by atoms with Crippen LogP contribution in [0.25, 0.3) is 0 Å². The van der Waals surface area contributed by atoms with Gasteiger partial charge in [0.25, 0.3) is 0 Å². The summed E-state index contributed by atoms with van der Waals surface area (Å²) in [5.74, 6) is 0.741. The molecule has 2 heterocycles. The van der Waals surface area contributed by atoms with Gasteiger partial charge in [-0.2, -0.15) is 5.10 Å². The van der Waals surface area contributed by atoms with Gasteiger partial charge >= 0.3 is 0 Å². The second kappa shape index (κ2) is 4.49. The Morgan fingerprint density at radius 2 is 2.31 bits per heavy atom. The Balaban J connectivity index is 2.07. The Kier molecular flexibility index (Phi) is 3.05. The summed E-state index contributed by atoms with van der Waals surface area (Å²) in [6.07, 6.45) is 3.59. The molecule has 6 heteroatoms. The predicted molar refractivity (Wildman–Crippen MR) is 62.3 cm³/mol. The number of hydrogen-bond donors (Lipinski definition) is 1. The summed E-state index contributed by atoms with van der Waals surface area (Å²) in [4.78, 5) is 8.00. The Bertz CT molecular complexity index is 494. The topological polar surface area (TPSA) is 55.6 Å². The third kappa shape index (κ3) is 2.49. The smallest absolute Gasteiger partial charge is 0.224 e. The fourth-order valence-corrected chi connectivity index (χ4v) is 1.46. The van der Waals surface area contributed by atoms with Crippen LogP contribution in [-0.4, -0.2) is 19.7 Å². The van der Waals surface area contributed by atoms with Crippen molar-refractivity contribution in [1.82, 2.24) is 19.7 Å². The normalized spacial score (nSPS) is 10.4. The molecule has 0 radical (unpaired) electrons. The van der Waals surface area contributed by atoms with Gasteiger partial charge in [0, 0.05) is 25.0 Å². The van der Waals surface area contributed by atoms with Crippen LogP contribution in [0.15, 0.2) is 18.5 Å². The van der Waals surface area contributed by atoms with Gasteiger partial charge in [0.2, 0.25) is 5.28 Å². The molecule has 0 aromatic carbocycles. The average Bonchev–Trinajstić information content (AvgIpc) is 2.66. The average molecular weight is 238 g/mol. The van der Waals surface area contributed by atoms with E-state index in [1.807, 2.05) is 26.2 Å². The number of nitrogens with zero attached hydrogens (tertiary/aromatic N) is 4. The van der Waals surface area contributed by atoms with Crippen LogP contribution >= 0.6 is 11.6 Å². The van der Waals surface area contributed by atoms with Crippen molar-refractivity contribution < 1.29 is 0 Å². The Hall–Kier alpha value is -1.62. The fourth-order valence-electron chi connectivity index (χ4n) is 1.33. The van der Waals surface area contributed by atoms with Gasteiger partial charge in [-0.15, -0.1) is 0 Å². The van der Waals surface area contributed by atoms with Gasteiger partial charge in [-0.1, -0.05) is 0 Å². The van der Waals surface area contributed by atoms with Gasteiger partial charge in [0.15, 0.2) is 0 Å². The first-order chi connectivity index (χ1) is 7.65. The summed E-state index contributed by atoms with van der Waals surface area (Å²) < 4.78 is 1.76. The van der Waals surface area contributed by atoms with E-state index in [2.05, 4.69) is 20.4 Å². The van der Waals surface area contributed by atoms with Crippen molar-refractivity contribution in [2.75, 3.05) is 5.32 Å². The zero-order valence-electron chi connectivity index (χ0n) is 9.11. The van der Waals surface area contributed by atoms with Crippen LogP contribution < -0.4 is 5.32 Å². The number of hydrogen-bond acceptors (Lipinski definition) is 4. The second-order valence-electron chi connectivity index (χ2n) is 3.50. The van der Waals surface area contributed by atoms with E-state index in [0.717, 1.165) is 17.1 Å². The van der Waals surface area contributed by atoms with E-state index in [0.29, 0.717) is 6.54 Å². The highest BCUT2D eigenvalue weighted by Crippen LogP contribution is 2.13. The van der Waals surface area contributed by atoms with E-state index in [4.69, 9.17) is 11.6 Å². The molecule has 2 aromatic rings. The summed E-state index contributed by atoms with van der Waals surface area (Å²) in [6, 6.07) is 1.95. The van der Waals surface area contributed by atoms with E-state index >= 15 is 0 Å². The highest BCUT2D eigenvalue weighted by molar-refractivity contribution is 6.28. The van der Waals surface area contributed by atoms with Crippen LogP contribution in [-0.2, 0) is 13.6 Å². The van der Waals surface area contributed by atoms with Crippen LogP contribution in [0.2, 0.25) is 5.28 Å². The Morgan fingerprint density at radius 3 is 3.00 bits per heavy atom. The standard InChI is InChI=1S/C10H12ClN5/c1-7-5-13-10(11)14-9(7)12-6-8-3-4-16(2)15-8/h3-5H,6H2,1-2H3,(H,12,13,14). The van der Waals surface area contributed by atoms with Crippen LogP contribution in [0.3, 0.4) is 0 Å². The van der Waals surface area contributed by atoms with E-state index < -0.39 is 0 Å². The quantitative estimate of drug-likeness (QED) is 0.827. The molecule has 0 bridgehead atoms. The molecule has 0 aliphatic carbocycles. The molecule has 2 aromatic heterocycles. The molecule has 5 nitrogen and oxygen atoms in total. The molecule has 0 unspecified atom stereocenters. The maximum absolute atomic E-state index is 5.72. The van der Waals surface area contributed by atoms with Crippen molar-refractivity contribution in [2.45, 2.75) is 13.5 Å². The predicted octanol–water partition coefficient (Wildman–Crippen LogP) is 1.78. The number of halogens is 1. The first-order valence-corrected chi connectivity index (χ1v) is 5.24. The summed E-state index contributed by atoms with van der Waals surface area (Å²) >= 11 is 5.72. The largest absolute Gasteiger partial charge is 0.364 e. The van der Waals surface area contributed by atoms with E-state index in [-0.39, 0.29) is 5.28 Å². The minimum atomic E-state index is 0.245. The molecule has 16 heavy (non-hydrogen) atoms. The van der Waals surface area contributed by atoms with Crippen molar-refractivity contribution in [3.8, 4) is 0 Å². The molecule has 0 aliphatic heterocycles. The highest BCUT2D eigenvalue weighted by atomic mass is 35.5. The van der Waals surface area contributed by atoms with Gasteiger partial charge in [-0.3, -0.25) is 4.68 Å². The Labute approximate surface area is 98.5 Å². The number of aromatic nitrogens is 4. The fraction of sp³-hybridized carbons (Fsp3) is 0.300. The van der Waals surface area contributed by atoms with Gasteiger partial charge in [0.05, 0.1) is 12.2 Å². The van der Waals surface area contributed by atoms with Crippen LogP contribution in [0.1, 0.15) is 11.3 Å². The lowest BCUT2D eigenvalue weighted by Gasteiger charge is -2.06. The molecule has 0 aliphatic rings. The molecular formula is C10H12ClN5. The second-order valence-corrected chi connectivity index (χ2v) is 3.84. The number of anilines is 1. The molecule has 2 rings (SSSR count). The number of aryl methyl sites for hydroxylation is 2. The molecular weight excluding hydrogens is 226 g/mol. The van der Waals surface area contributed by atoms with E-state index in [1.54, 1.807) is 10.9 Å². The molecule has 0 atom stereocenters. The molecule has 1 N–H and O–H groups in total. The van der Waals surface area contributed by atoms with Crippen LogP contribution in [0, 0.1) is 6.92 Å². The van der Waals surface area contributed by atoms with Gasteiger partial charge < -0.3 is 5.32 Å². The van der Waals surface area contributed by atoms with Crippen LogP contribution in [0.5, 0.6) is 0 Å². The summed E-state index contributed by atoms with van der Waals surface area (Å²) in [6.45, 7) is 2.55. The van der Waals surface area contributed by atoms with Crippen molar-refractivity contribution in [3.63, 3.8) is 0 Å². The lowest BCUT2D eigenvalue weighted by atomic mass is 10.3. The summed E-state index contributed by atoms with van der Waals surface area (Å²) in [7, 11) is 1.89. The van der Waals surface area contributed by atoms with E-state index in [1.165, 1.54) is 0 Å². The minimum Gasteiger partial charge on any atom is -0.364 e. The number of nitrogens with one attached hydrogen (secondary N) is 1. The minimum absolute atomic E-state index is 0.245. The van der Waals surface area contributed by atoms with Crippen molar-refractivity contribution in [3.05, 3.63) is 35.0 Å². The molecule has 0 spiro atoms. The van der Waals surface area contributed by atoms with Gasteiger partial charge in [0.1, 0.15) is 5.82 Å². The molecule has 0 fully saturated rings. The van der Waals surface area contributed by atoms with Gasteiger partial charge in [-0.25, -0.2) is 9.97 Å². The van der Waals surface area contributed by atoms with E-state index in [9.17, 15) is 0 Å². The molecule has 0 saturated heterocycles. The maximum atomic E-state index is 5.72. The SMILES string of the molecule is Cc1cnc(Cl)nc1NCc1ccn(C)n1. The molecule has 84 valence electrons. The van der Waals surface area contributed by atoms with Crippen LogP contribution in [0.4, 0.5) is 5.82 Å². The highest BCUT2D eigenvalue weighted by Gasteiger charge is 2.03. The summed E-state index contributed by atoms with van der Waals surface area (Å²) in [5, 5.41) is 7.67. The first-order valence-electron chi connectivity index (χ1n) is 4.86. The van der Waals surface area contributed by atoms with Gasteiger partial charge in [-0.05, 0) is 24.6 Å². The maximum Gasteiger partial charge on any atom is 0.224 e. The van der Waals surface area contributed by atoms with Crippen molar-refractivity contribution >= 4 is 17.4 Å².